The first-order valence-electron chi connectivity index (χ1n) is 11.1. The fourth-order valence-corrected chi connectivity index (χ4v) is 4.34. The van der Waals surface area contributed by atoms with Crippen molar-refractivity contribution >= 4 is 5.69 Å². The molecule has 2 heterocycles. The summed E-state index contributed by atoms with van der Waals surface area (Å²) >= 11 is 0. The molecule has 0 saturated carbocycles. The molecule has 1 N–H and O–H groups in total. The van der Waals surface area contributed by atoms with Crippen LogP contribution in [0.3, 0.4) is 0 Å². The quantitative estimate of drug-likeness (QED) is 0.537. The van der Waals surface area contributed by atoms with Crippen LogP contribution in [-0.4, -0.2) is 45.4 Å². The Morgan fingerprint density at radius 2 is 1.61 bits per heavy atom. The van der Waals surface area contributed by atoms with Crippen molar-refractivity contribution in [2.75, 3.05) is 39.3 Å². The molecular weight excluding hydrogens is 421 g/mol. The number of hydrogen-bond acceptors (Lipinski definition) is 6. The lowest BCUT2D eigenvalue weighted by molar-refractivity contribution is 0.324. The SMILES string of the molecule is COc1cc(-c2cc(CN(c3ccc(F)cc3)C3CCNCC3)ccn2)cc(OC)c1OC. The summed E-state index contributed by atoms with van der Waals surface area (Å²) in [5, 5.41) is 3.42. The molecule has 0 spiro atoms. The highest BCUT2D eigenvalue weighted by Gasteiger charge is 2.22. The Morgan fingerprint density at radius 3 is 2.21 bits per heavy atom. The molecule has 1 aromatic heterocycles. The molecule has 1 aliphatic rings. The third-order valence-corrected chi connectivity index (χ3v) is 6.05. The molecule has 2 aromatic carbocycles. The van der Waals surface area contributed by atoms with Crippen molar-refractivity contribution in [2.24, 2.45) is 0 Å². The average Bonchev–Trinajstić information content (AvgIpc) is 2.87. The van der Waals surface area contributed by atoms with Crippen molar-refractivity contribution < 1.29 is 18.6 Å². The van der Waals surface area contributed by atoms with Crippen molar-refractivity contribution in [2.45, 2.75) is 25.4 Å². The summed E-state index contributed by atoms with van der Waals surface area (Å²) in [6.07, 6.45) is 3.91. The zero-order valence-corrected chi connectivity index (χ0v) is 19.3. The Kier molecular flexibility index (Phi) is 7.29. The Morgan fingerprint density at radius 1 is 0.939 bits per heavy atom. The lowest BCUT2D eigenvalue weighted by atomic mass is 10.0. The largest absolute Gasteiger partial charge is 0.493 e. The van der Waals surface area contributed by atoms with E-state index in [9.17, 15) is 4.39 Å². The predicted molar refractivity (Wildman–Crippen MR) is 128 cm³/mol. The average molecular weight is 452 g/mol. The van der Waals surface area contributed by atoms with Crippen LogP contribution in [0.4, 0.5) is 10.1 Å². The number of piperidine rings is 1. The summed E-state index contributed by atoms with van der Waals surface area (Å²) in [4.78, 5) is 6.96. The van der Waals surface area contributed by atoms with E-state index in [1.165, 1.54) is 12.1 Å². The number of methoxy groups -OCH3 is 3. The summed E-state index contributed by atoms with van der Waals surface area (Å²) in [7, 11) is 4.79. The van der Waals surface area contributed by atoms with E-state index in [1.807, 2.05) is 36.5 Å². The minimum atomic E-state index is -0.224. The van der Waals surface area contributed by atoms with Gasteiger partial charge in [-0.1, -0.05) is 0 Å². The summed E-state index contributed by atoms with van der Waals surface area (Å²) in [5.41, 5.74) is 3.84. The summed E-state index contributed by atoms with van der Waals surface area (Å²) in [6.45, 7) is 2.67. The van der Waals surface area contributed by atoms with Crippen LogP contribution in [0.1, 0.15) is 18.4 Å². The van der Waals surface area contributed by atoms with Gasteiger partial charge >= 0.3 is 0 Å². The number of pyridine rings is 1. The molecule has 4 rings (SSSR count). The fraction of sp³-hybridized carbons (Fsp3) is 0.346. The molecule has 0 bridgehead atoms. The topological polar surface area (TPSA) is 55.9 Å². The third kappa shape index (κ3) is 5.20. The fourth-order valence-electron chi connectivity index (χ4n) is 4.34. The lowest BCUT2D eigenvalue weighted by Gasteiger charge is -2.36. The van der Waals surface area contributed by atoms with Crippen LogP contribution >= 0.6 is 0 Å². The monoisotopic (exact) mass is 451 g/mol. The number of ether oxygens (including phenoxy) is 3. The lowest BCUT2D eigenvalue weighted by Crippen LogP contribution is -2.43. The minimum absolute atomic E-state index is 0.224. The number of halogens is 1. The molecule has 0 atom stereocenters. The number of benzene rings is 2. The second kappa shape index (κ2) is 10.5. The van der Waals surface area contributed by atoms with Crippen molar-refractivity contribution in [1.82, 2.24) is 10.3 Å². The number of nitrogens with zero attached hydrogens (tertiary/aromatic N) is 2. The molecular formula is C26H30FN3O3. The molecule has 6 nitrogen and oxygen atoms in total. The number of aromatic nitrogens is 1. The van der Waals surface area contributed by atoms with Crippen molar-refractivity contribution in [3.05, 3.63) is 66.1 Å². The van der Waals surface area contributed by atoms with Crippen LogP contribution in [0.5, 0.6) is 17.2 Å². The summed E-state index contributed by atoms with van der Waals surface area (Å²) < 4.78 is 30.0. The maximum Gasteiger partial charge on any atom is 0.203 e. The molecule has 1 fully saturated rings. The Bertz CT molecular complexity index is 1040. The second-order valence-corrected chi connectivity index (χ2v) is 8.05. The smallest absolute Gasteiger partial charge is 0.203 e. The van der Waals surface area contributed by atoms with Gasteiger partial charge in [0.1, 0.15) is 5.82 Å². The van der Waals surface area contributed by atoms with Gasteiger partial charge in [0.25, 0.3) is 0 Å². The molecule has 0 radical (unpaired) electrons. The van der Waals surface area contributed by atoms with Gasteiger partial charge in [0, 0.05) is 30.0 Å². The number of anilines is 1. The van der Waals surface area contributed by atoms with Crippen LogP contribution in [0.2, 0.25) is 0 Å². The van der Waals surface area contributed by atoms with Crippen LogP contribution in [-0.2, 0) is 6.54 Å². The Labute approximate surface area is 194 Å². The number of hydrogen-bond donors (Lipinski definition) is 1. The molecule has 3 aromatic rings. The van der Waals surface area contributed by atoms with Gasteiger partial charge in [-0.25, -0.2) is 4.39 Å². The zero-order valence-electron chi connectivity index (χ0n) is 19.3. The van der Waals surface area contributed by atoms with E-state index in [1.54, 1.807) is 21.3 Å². The highest BCUT2D eigenvalue weighted by Crippen LogP contribution is 2.41. The first-order valence-corrected chi connectivity index (χ1v) is 11.1. The normalized spacial score (nSPS) is 14.1. The van der Waals surface area contributed by atoms with Crippen LogP contribution in [0.15, 0.2) is 54.7 Å². The number of nitrogens with one attached hydrogen (secondary N) is 1. The van der Waals surface area contributed by atoms with E-state index in [2.05, 4.69) is 21.3 Å². The van der Waals surface area contributed by atoms with E-state index in [0.29, 0.717) is 29.8 Å². The van der Waals surface area contributed by atoms with Gasteiger partial charge in [0.15, 0.2) is 11.5 Å². The van der Waals surface area contributed by atoms with Crippen molar-refractivity contribution in [3.63, 3.8) is 0 Å². The molecule has 7 heteroatoms. The van der Waals surface area contributed by atoms with Crippen LogP contribution in [0, 0.1) is 5.82 Å². The maximum atomic E-state index is 13.6. The van der Waals surface area contributed by atoms with E-state index in [-0.39, 0.29) is 5.82 Å². The van der Waals surface area contributed by atoms with E-state index in [0.717, 1.165) is 48.4 Å². The molecule has 0 amide bonds. The van der Waals surface area contributed by atoms with Gasteiger partial charge in [0.2, 0.25) is 5.75 Å². The van der Waals surface area contributed by atoms with E-state index < -0.39 is 0 Å². The molecule has 174 valence electrons. The van der Waals surface area contributed by atoms with Crippen LogP contribution in [0.25, 0.3) is 11.3 Å². The van der Waals surface area contributed by atoms with E-state index >= 15 is 0 Å². The first kappa shape index (κ1) is 22.9. The summed E-state index contributed by atoms with van der Waals surface area (Å²) in [6, 6.07) is 15.1. The molecule has 0 unspecified atom stereocenters. The molecule has 1 aliphatic heterocycles. The highest BCUT2D eigenvalue weighted by molar-refractivity contribution is 5.69. The molecule has 1 saturated heterocycles. The van der Waals surface area contributed by atoms with Gasteiger partial charge in [-0.2, -0.15) is 0 Å². The third-order valence-electron chi connectivity index (χ3n) is 6.05. The van der Waals surface area contributed by atoms with Crippen molar-refractivity contribution in [3.8, 4) is 28.5 Å². The first-order chi connectivity index (χ1) is 16.1. The van der Waals surface area contributed by atoms with Crippen LogP contribution < -0.4 is 24.4 Å². The van der Waals surface area contributed by atoms with Gasteiger partial charge < -0.3 is 24.4 Å². The van der Waals surface area contributed by atoms with Gasteiger partial charge in [-0.15, -0.1) is 0 Å². The number of rotatable bonds is 8. The zero-order chi connectivity index (χ0) is 23.2. The van der Waals surface area contributed by atoms with Gasteiger partial charge in [-0.05, 0) is 80.0 Å². The Hall–Kier alpha value is -3.32. The van der Waals surface area contributed by atoms with Gasteiger partial charge in [0.05, 0.1) is 27.0 Å². The predicted octanol–water partition coefficient (Wildman–Crippen LogP) is 4.67. The minimum Gasteiger partial charge on any atom is -0.493 e. The summed E-state index contributed by atoms with van der Waals surface area (Å²) in [5.74, 6) is 1.49. The maximum absolute atomic E-state index is 13.6. The molecule has 33 heavy (non-hydrogen) atoms. The Balaban J connectivity index is 1.66. The van der Waals surface area contributed by atoms with E-state index in [4.69, 9.17) is 14.2 Å². The molecule has 0 aliphatic carbocycles. The van der Waals surface area contributed by atoms with Crippen molar-refractivity contribution in [1.29, 1.82) is 0 Å². The van der Waals surface area contributed by atoms with Gasteiger partial charge in [-0.3, -0.25) is 4.98 Å². The second-order valence-electron chi connectivity index (χ2n) is 8.05. The highest BCUT2D eigenvalue weighted by atomic mass is 19.1. The standard InChI is InChI=1S/C26H30FN3O3/c1-31-24-15-19(16-25(32-2)26(24)33-3)23-14-18(8-13-29-23)17-30(22-9-11-28-12-10-22)21-6-4-20(27)5-7-21/h4-8,13-16,22,28H,9-12,17H2,1-3H3.